The van der Waals surface area contributed by atoms with Crippen LogP contribution in [-0.4, -0.2) is 16.7 Å². The van der Waals surface area contributed by atoms with Gasteiger partial charge in [-0.25, -0.2) is 0 Å². The molecule has 0 amide bonds. The van der Waals surface area contributed by atoms with E-state index in [0.717, 1.165) is 5.56 Å². The Morgan fingerprint density at radius 2 is 1.44 bits per heavy atom. The molecule has 0 atom stereocenters. The molecule has 0 spiro atoms. The van der Waals surface area contributed by atoms with Crippen LogP contribution in [-0.2, 0) is 0 Å². The highest BCUT2D eigenvalue weighted by Crippen LogP contribution is 2.38. The van der Waals surface area contributed by atoms with Crippen molar-refractivity contribution in [3.8, 4) is 16.9 Å². The van der Waals surface area contributed by atoms with Crippen LogP contribution in [0.2, 0.25) is 0 Å². The lowest BCUT2D eigenvalue weighted by molar-refractivity contribution is 0.101. The average molecular weight is 331 g/mol. The van der Waals surface area contributed by atoms with Crippen LogP contribution >= 0.6 is 0 Å². The Morgan fingerprint density at radius 3 is 2.00 bits per heavy atom. The van der Waals surface area contributed by atoms with E-state index in [1.165, 1.54) is 6.92 Å². The number of anilines is 1. The summed E-state index contributed by atoms with van der Waals surface area (Å²) in [6.07, 6.45) is 0. The summed E-state index contributed by atoms with van der Waals surface area (Å²) < 4.78 is 0. The van der Waals surface area contributed by atoms with Crippen LogP contribution in [0, 0.1) is 0 Å². The normalized spacial score (nSPS) is 10.4. The first kappa shape index (κ1) is 16.5. The number of Topliss-reactive ketones (excluding diaryl/α,β-unsaturated/α-hetero) is 1. The van der Waals surface area contributed by atoms with Gasteiger partial charge in [0.25, 0.3) is 0 Å². The lowest BCUT2D eigenvalue weighted by atomic mass is 9.90. The van der Waals surface area contributed by atoms with Crippen LogP contribution in [0.15, 0.2) is 66.7 Å². The molecule has 0 aliphatic heterocycles. The van der Waals surface area contributed by atoms with Gasteiger partial charge in [-0.15, -0.1) is 0 Å². The molecule has 124 valence electrons. The topological polar surface area (TPSA) is 80.4 Å². The average Bonchev–Trinajstić information content (AvgIpc) is 2.62. The second-order valence-electron chi connectivity index (χ2n) is 5.73. The van der Waals surface area contributed by atoms with Gasteiger partial charge in [-0.05, 0) is 24.1 Å². The molecular weight excluding hydrogens is 314 g/mol. The van der Waals surface area contributed by atoms with Gasteiger partial charge >= 0.3 is 0 Å². The molecule has 0 aromatic heterocycles. The Kier molecular flexibility index (Phi) is 4.35. The third kappa shape index (κ3) is 3.02. The van der Waals surface area contributed by atoms with E-state index in [4.69, 9.17) is 5.73 Å². The second-order valence-corrected chi connectivity index (χ2v) is 5.73. The van der Waals surface area contributed by atoms with Crippen molar-refractivity contribution in [1.82, 2.24) is 0 Å². The molecule has 3 aromatic carbocycles. The maximum absolute atomic E-state index is 12.8. The molecule has 0 fully saturated rings. The Bertz CT molecular complexity index is 948. The van der Waals surface area contributed by atoms with Crippen molar-refractivity contribution in [3.63, 3.8) is 0 Å². The van der Waals surface area contributed by atoms with Crippen LogP contribution in [0.1, 0.15) is 33.2 Å². The van der Waals surface area contributed by atoms with E-state index >= 15 is 0 Å². The predicted octanol–water partition coefficient (Wildman–Crippen LogP) is 4.08. The fraction of sp³-hybridized carbons (Fsp3) is 0.0476. The number of ketones is 2. The molecule has 0 heterocycles. The zero-order chi connectivity index (χ0) is 18.0. The summed E-state index contributed by atoms with van der Waals surface area (Å²) in [6.45, 7) is 1.36. The zero-order valence-corrected chi connectivity index (χ0v) is 13.7. The standard InChI is InChI=1S/C21H17NO3/c1-13(23)18-16(14-8-4-2-5-9-14)12-17(22)19(21(18)25)20(24)15-10-6-3-7-11-15/h2-12,25H,22H2,1H3. The minimum Gasteiger partial charge on any atom is -0.506 e. The number of carbonyl (C=O) groups excluding carboxylic acids is 2. The molecule has 0 aliphatic rings. The third-order valence-corrected chi connectivity index (χ3v) is 4.03. The quantitative estimate of drug-likeness (QED) is 0.558. The highest BCUT2D eigenvalue weighted by Gasteiger charge is 2.25. The predicted molar refractivity (Wildman–Crippen MR) is 97.8 cm³/mol. The van der Waals surface area contributed by atoms with Gasteiger partial charge in [0.05, 0.1) is 11.1 Å². The maximum Gasteiger partial charge on any atom is 0.198 e. The fourth-order valence-corrected chi connectivity index (χ4v) is 2.86. The number of phenols is 1. The van der Waals surface area contributed by atoms with Gasteiger partial charge in [-0.1, -0.05) is 60.7 Å². The maximum atomic E-state index is 12.8. The summed E-state index contributed by atoms with van der Waals surface area (Å²) in [7, 11) is 0. The molecular formula is C21H17NO3. The number of aromatic hydroxyl groups is 1. The van der Waals surface area contributed by atoms with E-state index in [2.05, 4.69) is 0 Å². The number of carbonyl (C=O) groups is 2. The van der Waals surface area contributed by atoms with Crippen molar-refractivity contribution in [1.29, 1.82) is 0 Å². The number of nitrogens with two attached hydrogens (primary N) is 1. The minimum absolute atomic E-state index is 0.0453. The van der Waals surface area contributed by atoms with Gasteiger partial charge < -0.3 is 10.8 Å². The van der Waals surface area contributed by atoms with Gasteiger partial charge in [0.15, 0.2) is 11.6 Å². The summed E-state index contributed by atoms with van der Waals surface area (Å²) in [6, 6.07) is 19.2. The SMILES string of the molecule is CC(=O)c1c(-c2ccccc2)cc(N)c(C(=O)c2ccccc2)c1O. The molecule has 0 unspecified atom stereocenters. The molecule has 0 bridgehead atoms. The first-order valence-electron chi connectivity index (χ1n) is 7.82. The number of nitrogen functional groups attached to an aromatic ring is 1. The zero-order valence-electron chi connectivity index (χ0n) is 13.7. The highest BCUT2D eigenvalue weighted by molar-refractivity contribution is 6.17. The molecule has 0 aliphatic carbocycles. The summed E-state index contributed by atoms with van der Waals surface area (Å²) in [4.78, 5) is 24.9. The Balaban J connectivity index is 2.25. The van der Waals surface area contributed by atoms with Crippen molar-refractivity contribution in [3.05, 3.63) is 83.4 Å². The Morgan fingerprint density at radius 1 is 0.880 bits per heavy atom. The van der Waals surface area contributed by atoms with E-state index in [0.29, 0.717) is 11.1 Å². The minimum atomic E-state index is -0.419. The molecule has 3 aromatic rings. The molecule has 0 saturated heterocycles. The lowest BCUT2D eigenvalue weighted by Crippen LogP contribution is -2.10. The van der Waals surface area contributed by atoms with Crippen molar-refractivity contribution in [2.45, 2.75) is 6.92 Å². The molecule has 25 heavy (non-hydrogen) atoms. The van der Waals surface area contributed by atoms with Gasteiger partial charge in [-0.3, -0.25) is 9.59 Å². The van der Waals surface area contributed by atoms with E-state index in [1.54, 1.807) is 36.4 Å². The molecule has 4 nitrogen and oxygen atoms in total. The van der Waals surface area contributed by atoms with Crippen LogP contribution in [0.5, 0.6) is 5.75 Å². The van der Waals surface area contributed by atoms with Gasteiger partial charge in [0.1, 0.15) is 5.75 Å². The van der Waals surface area contributed by atoms with Gasteiger partial charge in [-0.2, -0.15) is 0 Å². The summed E-state index contributed by atoms with van der Waals surface area (Å²) in [5.41, 5.74) is 7.91. The van der Waals surface area contributed by atoms with Gasteiger partial charge in [0, 0.05) is 11.3 Å². The van der Waals surface area contributed by atoms with E-state index in [1.807, 2.05) is 30.3 Å². The van der Waals surface area contributed by atoms with Crippen LogP contribution in [0.3, 0.4) is 0 Å². The third-order valence-electron chi connectivity index (χ3n) is 4.03. The fourth-order valence-electron chi connectivity index (χ4n) is 2.86. The number of phenolic OH excluding ortho intramolecular Hbond substituents is 1. The number of hydrogen-bond donors (Lipinski definition) is 2. The molecule has 4 heteroatoms. The summed E-state index contributed by atoms with van der Waals surface area (Å²) in [5, 5.41) is 10.7. The van der Waals surface area contributed by atoms with Gasteiger partial charge in [0.2, 0.25) is 0 Å². The first-order valence-corrected chi connectivity index (χ1v) is 7.82. The largest absolute Gasteiger partial charge is 0.506 e. The Labute approximate surface area is 145 Å². The monoisotopic (exact) mass is 331 g/mol. The molecule has 3 rings (SSSR count). The van der Waals surface area contributed by atoms with E-state index in [-0.39, 0.29) is 28.3 Å². The molecule has 0 radical (unpaired) electrons. The van der Waals surface area contributed by atoms with Crippen molar-refractivity contribution >= 4 is 17.3 Å². The van der Waals surface area contributed by atoms with E-state index < -0.39 is 5.78 Å². The smallest absolute Gasteiger partial charge is 0.198 e. The number of hydrogen-bond acceptors (Lipinski definition) is 4. The molecule has 0 saturated carbocycles. The van der Waals surface area contributed by atoms with Crippen LogP contribution in [0.25, 0.3) is 11.1 Å². The highest BCUT2D eigenvalue weighted by atomic mass is 16.3. The van der Waals surface area contributed by atoms with Crippen LogP contribution < -0.4 is 5.73 Å². The van der Waals surface area contributed by atoms with Crippen molar-refractivity contribution in [2.75, 3.05) is 5.73 Å². The Hall–Kier alpha value is -3.40. The lowest BCUT2D eigenvalue weighted by Gasteiger charge is -2.15. The van der Waals surface area contributed by atoms with Crippen LogP contribution in [0.4, 0.5) is 5.69 Å². The first-order chi connectivity index (χ1) is 12.0. The molecule has 3 N–H and O–H groups in total. The number of benzene rings is 3. The summed E-state index contributed by atoms with van der Waals surface area (Å²) in [5.74, 6) is -1.13. The number of rotatable bonds is 4. The second kappa shape index (κ2) is 6.61. The summed E-state index contributed by atoms with van der Waals surface area (Å²) >= 11 is 0. The van der Waals surface area contributed by atoms with Crippen molar-refractivity contribution in [2.24, 2.45) is 0 Å². The van der Waals surface area contributed by atoms with E-state index in [9.17, 15) is 14.7 Å². The van der Waals surface area contributed by atoms with Crippen molar-refractivity contribution < 1.29 is 14.7 Å².